The first-order valence-electron chi connectivity index (χ1n) is 11.8. The first-order valence-corrected chi connectivity index (χ1v) is 11.8. The minimum Gasteiger partial charge on any atom is -0.473 e. The lowest BCUT2D eigenvalue weighted by atomic mass is 9.84. The zero-order valence-electron chi connectivity index (χ0n) is 20.0. The topological polar surface area (TPSA) is 86.7 Å². The van der Waals surface area contributed by atoms with E-state index in [1.54, 1.807) is 6.20 Å². The van der Waals surface area contributed by atoms with Crippen LogP contribution < -0.4 is 9.47 Å². The average molecular weight is 453 g/mol. The Hall–Kier alpha value is -2.90. The molecule has 3 fully saturated rings. The van der Waals surface area contributed by atoms with Gasteiger partial charge in [0.2, 0.25) is 11.8 Å². The van der Waals surface area contributed by atoms with Crippen LogP contribution >= 0.6 is 0 Å². The molecule has 5 rings (SSSR count). The van der Waals surface area contributed by atoms with Gasteiger partial charge < -0.3 is 19.1 Å². The number of carbonyl (C=O) groups excluding carboxylic acids is 1. The molecule has 0 N–H and O–H groups in total. The van der Waals surface area contributed by atoms with Crippen LogP contribution in [-0.4, -0.2) is 49.7 Å². The molecule has 3 atom stereocenters. The molecule has 2 aliphatic heterocycles. The predicted octanol–water partition coefficient (Wildman–Crippen LogP) is 4.98. The van der Waals surface area contributed by atoms with E-state index in [0.717, 1.165) is 43.4 Å². The van der Waals surface area contributed by atoms with Crippen LogP contribution in [0.15, 0.2) is 24.7 Å². The third-order valence-corrected chi connectivity index (χ3v) is 7.14. The van der Waals surface area contributed by atoms with Crippen molar-refractivity contribution < 1.29 is 19.0 Å². The third kappa shape index (κ3) is 4.00. The van der Waals surface area contributed by atoms with Crippen molar-refractivity contribution in [2.24, 2.45) is 5.41 Å². The van der Waals surface area contributed by atoms with E-state index in [2.05, 4.69) is 15.0 Å². The Bertz CT molecular complexity index is 1060. The molecule has 0 radical (unpaired) electrons. The number of aryl methyl sites for hydroxylation is 1. The normalized spacial score (nSPS) is 25.1. The number of hydrogen-bond donors (Lipinski definition) is 0. The number of rotatable bonds is 4. The van der Waals surface area contributed by atoms with Crippen molar-refractivity contribution in [3.8, 4) is 17.5 Å². The maximum atomic E-state index is 13.0. The molecule has 8 heteroatoms. The summed E-state index contributed by atoms with van der Waals surface area (Å²) in [5.41, 5.74) is 1.03. The highest BCUT2D eigenvalue weighted by atomic mass is 16.6. The summed E-state index contributed by atoms with van der Waals surface area (Å²) < 4.78 is 18.3. The largest absolute Gasteiger partial charge is 0.473 e. The Balaban J connectivity index is 1.35. The van der Waals surface area contributed by atoms with E-state index in [4.69, 9.17) is 14.2 Å². The number of hydrogen-bond acceptors (Lipinski definition) is 7. The standard InChI is InChI=1S/C25H32N4O4/c1-15-21(31-18-7-6-12-26-16(18)2)27-14-28-22(15)32-20-13-17-8-9-19(25(20)10-11-25)29(17)23(30)33-24(3,4)5/h6-7,12,14,17,19-20H,8-11,13H2,1-5H3. The molecule has 0 aromatic carbocycles. The summed E-state index contributed by atoms with van der Waals surface area (Å²) in [4.78, 5) is 28.0. The van der Waals surface area contributed by atoms with Crippen molar-refractivity contribution in [3.05, 3.63) is 35.9 Å². The Morgan fingerprint density at radius 1 is 1.12 bits per heavy atom. The number of piperidine rings is 1. The van der Waals surface area contributed by atoms with Crippen molar-refractivity contribution in [1.82, 2.24) is 19.9 Å². The Labute approximate surface area is 194 Å². The molecule has 1 amide bonds. The van der Waals surface area contributed by atoms with E-state index >= 15 is 0 Å². The molecule has 3 aliphatic rings. The van der Waals surface area contributed by atoms with E-state index in [0.29, 0.717) is 17.5 Å². The summed E-state index contributed by atoms with van der Waals surface area (Å²) in [5.74, 6) is 1.67. The summed E-state index contributed by atoms with van der Waals surface area (Å²) >= 11 is 0. The molecule has 2 aromatic heterocycles. The van der Waals surface area contributed by atoms with Crippen LogP contribution in [0.25, 0.3) is 0 Å². The molecule has 1 aliphatic carbocycles. The summed E-state index contributed by atoms with van der Waals surface area (Å²) in [6, 6.07) is 4.00. The first kappa shape index (κ1) is 21.9. The predicted molar refractivity (Wildman–Crippen MR) is 121 cm³/mol. The van der Waals surface area contributed by atoms with Crippen molar-refractivity contribution in [2.45, 2.75) is 90.5 Å². The number of pyridine rings is 1. The molecule has 4 heterocycles. The Morgan fingerprint density at radius 2 is 1.88 bits per heavy atom. The SMILES string of the molecule is Cc1ncccc1Oc1ncnc(OC2CC3CCC(N3C(=O)OC(C)(C)C)C23CC3)c1C. The highest BCUT2D eigenvalue weighted by Crippen LogP contribution is 2.62. The fraction of sp³-hybridized carbons (Fsp3) is 0.600. The molecular formula is C25H32N4O4. The van der Waals surface area contributed by atoms with Gasteiger partial charge in [-0.05, 0) is 72.4 Å². The van der Waals surface area contributed by atoms with Gasteiger partial charge in [-0.3, -0.25) is 4.98 Å². The first-order chi connectivity index (χ1) is 15.7. The summed E-state index contributed by atoms with van der Waals surface area (Å²) in [6.07, 6.45) is 7.91. The van der Waals surface area contributed by atoms with Crippen LogP contribution in [-0.2, 0) is 4.74 Å². The van der Waals surface area contributed by atoms with Crippen LogP contribution in [0.2, 0.25) is 0 Å². The van der Waals surface area contributed by atoms with Gasteiger partial charge in [0.05, 0.1) is 11.3 Å². The van der Waals surface area contributed by atoms with Crippen molar-refractivity contribution >= 4 is 6.09 Å². The molecule has 8 nitrogen and oxygen atoms in total. The second-order valence-electron chi connectivity index (χ2n) is 10.5. The van der Waals surface area contributed by atoms with Crippen LogP contribution in [0.1, 0.15) is 64.1 Å². The molecule has 1 saturated carbocycles. The van der Waals surface area contributed by atoms with E-state index in [1.807, 2.05) is 51.7 Å². The molecular weight excluding hydrogens is 420 g/mol. The molecule has 3 unspecified atom stereocenters. The monoisotopic (exact) mass is 452 g/mol. The van der Waals surface area contributed by atoms with Gasteiger partial charge >= 0.3 is 6.09 Å². The van der Waals surface area contributed by atoms with Crippen LogP contribution in [0.5, 0.6) is 17.5 Å². The Morgan fingerprint density at radius 3 is 2.58 bits per heavy atom. The van der Waals surface area contributed by atoms with E-state index < -0.39 is 5.60 Å². The molecule has 1 spiro atoms. The summed E-state index contributed by atoms with van der Waals surface area (Å²) in [7, 11) is 0. The van der Waals surface area contributed by atoms with E-state index in [1.165, 1.54) is 6.33 Å². The number of nitrogens with zero attached hydrogens (tertiary/aromatic N) is 4. The fourth-order valence-corrected chi connectivity index (χ4v) is 5.39. The van der Waals surface area contributed by atoms with Crippen molar-refractivity contribution in [2.75, 3.05) is 0 Å². The molecule has 2 bridgehead atoms. The van der Waals surface area contributed by atoms with Gasteiger partial charge in [-0.25, -0.2) is 14.8 Å². The maximum Gasteiger partial charge on any atom is 0.410 e. The smallest absolute Gasteiger partial charge is 0.410 e. The quantitative estimate of drug-likeness (QED) is 0.646. The highest BCUT2D eigenvalue weighted by molar-refractivity contribution is 5.70. The van der Waals surface area contributed by atoms with Crippen LogP contribution in [0, 0.1) is 19.3 Å². The minimum atomic E-state index is -0.498. The number of ether oxygens (including phenoxy) is 3. The van der Waals surface area contributed by atoms with Crippen molar-refractivity contribution in [3.63, 3.8) is 0 Å². The van der Waals surface area contributed by atoms with Gasteiger partial charge in [0, 0.05) is 30.1 Å². The third-order valence-electron chi connectivity index (χ3n) is 7.14. The van der Waals surface area contributed by atoms with Crippen molar-refractivity contribution in [1.29, 1.82) is 0 Å². The number of amides is 1. The van der Waals surface area contributed by atoms with E-state index in [9.17, 15) is 4.79 Å². The number of carbonyl (C=O) groups is 1. The second-order valence-corrected chi connectivity index (χ2v) is 10.5. The van der Waals surface area contributed by atoms with Gasteiger partial charge in [0.25, 0.3) is 0 Å². The zero-order valence-corrected chi connectivity index (χ0v) is 20.0. The summed E-state index contributed by atoms with van der Waals surface area (Å²) in [6.45, 7) is 9.56. The highest BCUT2D eigenvalue weighted by Gasteiger charge is 2.65. The molecule has 176 valence electrons. The molecule has 2 aromatic rings. The number of aromatic nitrogens is 3. The lowest BCUT2D eigenvalue weighted by molar-refractivity contribution is -0.0404. The maximum absolute atomic E-state index is 13.0. The fourth-order valence-electron chi connectivity index (χ4n) is 5.39. The van der Waals surface area contributed by atoms with Crippen LogP contribution in [0.4, 0.5) is 4.79 Å². The summed E-state index contributed by atoms with van der Waals surface area (Å²) in [5, 5.41) is 0. The second kappa shape index (κ2) is 7.85. The van der Waals surface area contributed by atoms with E-state index in [-0.39, 0.29) is 29.7 Å². The number of fused-ring (bicyclic) bond motifs is 3. The zero-order chi connectivity index (χ0) is 23.4. The van der Waals surface area contributed by atoms with Crippen LogP contribution in [0.3, 0.4) is 0 Å². The van der Waals surface area contributed by atoms with Gasteiger partial charge in [0.15, 0.2) is 5.75 Å². The lowest BCUT2D eigenvalue weighted by Gasteiger charge is -2.45. The minimum absolute atomic E-state index is 0.00950. The van der Waals surface area contributed by atoms with Gasteiger partial charge in [-0.15, -0.1) is 0 Å². The van der Waals surface area contributed by atoms with Gasteiger partial charge in [-0.2, -0.15) is 0 Å². The molecule has 2 saturated heterocycles. The Kier molecular flexibility index (Phi) is 5.21. The van der Waals surface area contributed by atoms with Gasteiger partial charge in [0.1, 0.15) is 18.0 Å². The average Bonchev–Trinajstić information content (AvgIpc) is 3.45. The molecule has 33 heavy (non-hydrogen) atoms. The van der Waals surface area contributed by atoms with Gasteiger partial charge in [-0.1, -0.05) is 0 Å². The lowest BCUT2D eigenvalue weighted by Crippen LogP contribution is -2.57.